The highest BCUT2D eigenvalue weighted by Gasteiger charge is 2.25. The lowest BCUT2D eigenvalue weighted by Crippen LogP contribution is -3.15. The van der Waals surface area contributed by atoms with Crippen LogP contribution in [0, 0.1) is 5.82 Å². The third-order valence-electron chi connectivity index (χ3n) is 3.47. The Morgan fingerprint density at radius 2 is 2.00 bits per heavy atom. The number of hydrogen-bond acceptors (Lipinski definition) is 2. The third kappa shape index (κ3) is 4.28. The topological polar surface area (TPSA) is 42.8 Å². The number of carbonyl (C=O) groups excluding carboxylic acids is 1. The lowest BCUT2D eigenvalue weighted by molar-refractivity contribution is -0.914. The van der Waals surface area contributed by atoms with Crippen molar-refractivity contribution in [1.29, 1.82) is 0 Å². The van der Waals surface area contributed by atoms with Crippen LogP contribution < -0.4 is 10.2 Å². The van der Waals surface area contributed by atoms with E-state index in [-0.39, 0.29) is 23.8 Å². The van der Waals surface area contributed by atoms with Gasteiger partial charge in [-0.25, -0.2) is 4.39 Å². The van der Waals surface area contributed by atoms with Crippen molar-refractivity contribution < 1.29 is 18.8 Å². The normalized spacial score (nSPS) is 26.2. The van der Waals surface area contributed by atoms with Gasteiger partial charge in [-0.3, -0.25) is 4.79 Å². The molecule has 0 saturated carbocycles. The zero-order valence-electron chi connectivity index (χ0n) is 12.0. The Kier molecular flexibility index (Phi) is 5.09. The van der Waals surface area contributed by atoms with E-state index in [1.165, 1.54) is 11.0 Å². The van der Waals surface area contributed by atoms with Crippen molar-refractivity contribution in [2.24, 2.45) is 0 Å². The van der Waals surface area contributed by atoms with Crippen molar-refractivity contribution in [2.75, 3.05) is 25.0 Å². The van der Waals surface area contributed by atoms with Crippen molar-refractivity contribution in [3.63, 3.8) is 0 Å². The summed E-state index contributed by atoms with van der Waals surface area (Å²) < 4.78 is 19.1. The van der Waals surface area contributed by atoms with Crippen LogP contribution in [-0.2, 0) is 9.53 Å². The molecule has 2 atom stereocenters. The molecule has 1 fully saturated rings. The Hall–Kier alpha value is -1.46. The van der Waals surface area contributed by atoms with E-state index in [4.69, 9.17) is 4.74 Å². The highest BCUT2D eigenvalue weighted by molar-refractivity contribution is 5.90. The van der Waals surface area contributed by atoms with E-state index in [0.717, 1.165) is 19.6 Å². The van der Waals surface area contributed by atoms with Gasteiger partial charge in [0.25, 0.3) is 0 Å². The van der Waals surface area contributed by atoms with Crippen LogP contribution in [0.1, 0.15) is 20.3 Å². The summed E-state index contributed by atoms with van der Waals surface area (Å²) in [5.74, 6) is -0.545. The summed E-state index contributed by atoms with van der Waals surface area (Å²) >= 11 is 0. The van der Waals surface area contributed by atoms with E-state index >= 15 is 0 Å². The van der Waals surface area contributed by atoms with Crippen LogP contribution in [0.25, 0.3) is 0 Å². The molecule has 1 aliphatic rings. The lowest BCUT2D eigenvalue weighted by atomic mass is 10.2. The molecule has 1 aliphatic heterocycles. The van der Waals surface area contributed by atoms with Crippen molar-refractivity contribution in [2.45, 2.75) is 32.5 Å². The molecular weight excluding hydrogens is 259 g/mol. The molecule has 0 aromatic heterocycles. The van der Waals surface area contributed by atoms with Gasteiger partial charge in [-0.2, -0.15) is 0 Å². The summed E-state index contributed by atoms with van der Waals surface area (Å²) in [5, 5.41) is 2.61. The Labute approximate surface area is 118 Å². The highest BCUT2D eigenvalue weighted by atomic mass is 19.1. The first-order valence-corrected chi connectivity index (χ1v) is 7.08. The van der Waals surface area contributed by atoms with E-state index in [1.54, 1.807) is 18.2 Å². The molecule has 4 nitrogen and oxygen atoms in total. The summed E-state index contributed by atoms with van der Waals surface area (Å²) in [4.78, 5) is 13.2. The molecule has 0 bridgehead atoms. The summed E-state index contributed by atoms with van der Waals surface area (Å²) in [6, 6.07) is 6.21. The maximum Gasteiger partial charge on any atom is 0.230 e. The minimum atomic E-state index is -0.401. The number of carbonyl (C=O) groups is 1. The van der Waals surface area contributed by atoms with E-state index in [2.05, 4.69) is 19.2 Å². The first kappa shape index (κ1) is 14.9. The molecule has 0 spiro atoms. The molecule has 1 aromatic carbocycles. The maximum absolute atomic E-state index is 13.4. The average molecular weight is 281 g/mol. The van der Waals surface area contributed by atoms with Gasteiger partial charge < -0.3 is 15.0 Å². The maximum atomic E-state index is 13.4. The SMILES string of the molecule is CC1C[NH+](CCC(=O)Nc2ccccc2F)CC(C)O1. The molecule has 0 aliphatic carbocycles. The first-order valence-electron chi connectivity index (χ1n) is 7.08. The van der Waals surface area contributed by atoms with E-state index in [9.17, 15) is 9.18 Å². The van der Waals surface area contributed by atoms with Crippen LogP contribution in [0.5, 0.6) is 0 Å². The third-order valence-corrected chi connectivity index (χ3v) is 3.47. The molecule has 1 heterocycles. The molecule has 20 heavy (non-hydrogen) atoms. The van der Waals surface area contributed by atoms with Gasteiger partial charge in [-0.05, 0) is 26.0 Å². The van der Waals surface area contributed by atoms with Gasteiger partial charge in [0.1, 0.15) is 31.1 Å². The fourth-order valence-electron chi connectivity index (χ4n) is 2.66. The minimum Gasteiger partial charge on any atom is -0.364 e. The van der Waals surface area contributed by atoms with Gasteiger partial charge in [0.05, 0.1) is 18.7 Å². The summed E-state index contributed by atoms with van der Waals surface area (Å²) in [5.41, 5.74) is 0.246. The predicted octanol–water partition coefficient (Wildman–Crippen LogP) is 0.846. The van der Waals surface area contributed by atoms with Crippen LogP contribution in [0.2, 0.25) is 0 Å². The molecule has 1 saturated heterocycles. The fraction of sp³-hybridized carbons (Fsp3) is 0.533. The monoisotopic (exact) mass is 281 g/mol. The number of amides is 1. The molecule has 0 radical (unpaired) electrons. The second kappa shape index (κ2) is 6.81. The summed E-state index contributed by atoms with van der Waals surface area (Å²) in [7, 11) is 0. The second-order valence-electron chi connectivity index (χ2n) is 5.44. The quantitative estimate of drug-likeness (QED) is 0.859. The van der Waals surface area contributed by atoms with Gasteiger partial charge in [-0.15, -0.1) is 0 Å². The van der Waals surface area contributed by atoms with E-state index in [0.29, 0.717) is 6.42 Å². The number of para-hydroxylation sites is 1. The average Bonchev–Trinajstić information content (AvgIpc) is 2.38. The van der Waals surface area contributed by atoms with E-state index in [1.807, 2.05) is 0 Å². The molecule has 2 rings (SSSR count). The molecular formula is C15H22FN2O2+. The van der Waals surface area contributed by atoms with Crippen molar-refractivity contribution in [3.05, 3.63) is 30.1 Å². The number of quaternary nitrogens is 1. The Morgan fingerprint density at radius 3 is 2.65 bits per heavy atom. The van der Waals surface area contributed by atoms with Crippen molar-refractivity contribution in [1.82, 2.24) is 0 Å². The summed E-state index contributed by atoms with van der Waals surface area (Å²) in [6.45, 7) is 6.68. The number of benzene rings is 1. The number of morpholine rings is 1. The van der Waals surface area contributed by atoms with Crippen LogP contribution in [0.3, 0.4) is 0 Å². The summed E-state index contributed by atoms with van der Waals surface area (Å²) in [6.07, 6.45) is 0.843. The smallest absolute Gasteiger partial charge is 0.230 e. The molecule has 1 amide bonds. The van der Waals surface area contributed by atoms with Crippen LogP contribution in [0.4, 0.5) is 10.1 Å². The number of halogens is 1. The molecule has 5 heteroatoms. The molecule has 2 unspecified atom stereocenters. The van der Waals surface area contributed by atoms with Crippen molar-refractivity contribution in [3.8, 4) is 0 Å². The Morgan fingerprint density at radius 1 is 1.35 bits per heavy atom. The zero-order chi connectivity index (χ0) is 14.5. The first-order chi connectivity index (χ1) is 9.54. The number of ether oxygens (including phenoxy) is 1. The number of anilines is 1. The standard InChI is InChI=1S/C15H21FN2O2/c1-11-9-18(10-12(2)20-11)8-7-15(19)17-14-6-4-3-5-13(14)16/h3-6,11-12H,7-10H2,1-2H3,(H,17,19)/p+1. The van der Waals surface area contributed by atoms with E-state index < -0.39 is 5.82 Å². The minimum absolute atomic E-state index is 0.144. The largest absolute Gasteiger partial charge is 0.364 e. The van der Waals surface area contributed by atoms with Crippen LogP contribution >= 0.6 is 0 Å². The molecule has 1 aromatic rings. The van der Waals surface area contributed by atoms with Gasteiger partial charge in [0.2, 0.25) is 5.91 Å². The Balaban J connectivity index is 1.79. The number of rotatable bonds is 4. The predicted molar refractivity (Wildman–Crippen MR) is 75.2 cm³/mol. The highest BCUT2D eigenvalue weighted by Crippen LogP contribution is 2.12. The number of hydrogen-bond donors (Lipinski definition) is 2. The van der Waals surface area contributed by atoms with Gasteiger partial charge >= 0.3 is 0 Å². The van der Waals surface area contributed by atoms with Crippen LogP contribution in [0.15, 0.2) is 24.3 Å². The number of nitrogens with one attached hydrogen (secondary N) is 2. The second-order valence-corrected chi connectivity index (χ2v) is 5.44. The zero-order valence-corrected chi connectivity index (χ0v) is 12.0. The van der Waals surface area contributed by atoms with Gasteiger partial charge in [0.15, 0.2) is 0 Å². The van der Waals surface area contributed by atoms with Gasteiger partial charge in [0, 0.05) is 0 Å². The van der Waals surface area contributed by atoms with Crippen molar-refractivity contribution >= 4 is 11.6 Å². The molecule has 110 valence electrons. The van der Waals surface area contributed by atoms with Crippen LogP contribution in [-0.4, -0.2) is 37.7 Å². The molecule has 2 N–H and O–H groups in total. The Bertz CT molecular complexity index is 457. The fourth-order valence-corrected chi connectivity index (χ4v) is 2.66. The van der Waals surface area contributed by atoms with Gasteiger partial charge in [-0.1, -0.05) is 12.1 Å². The lowest BCUT2D eigenvalue weighted by Gasteiger charge is -2.32.